The molecule has 0 spiro atoms. The molecule has 0 saturated heterocycles. The van der Waals surface area contributed by atoms with E-state index in [2.05, 4.69) is 15.3 Å². The van der Waals surface area contributed by atoms with E-state index >= 15 is 0 Å². The van der Waals surface area contributed by atoms with Gasteiger partial charge in [0.15, 0.2) is 0 Å². The second-order valence-electron chi connectivity index (χ2n) is 7.03. The van der Waals surface area contributed by atoms with Gasteiger partial charge in [-0.15, -0.1) is 11.3 Å². The molecule has 0 bridgehead atoms. The van der Waals surface area contributed by atoms with Crippen LogP contribution < -0.4 is 5.32 Å². The molecule has 8 heteroatoms. The van der Waals surface area contributed by atoms with Crippen LogP contribution in [0.1, 0.15) is 67.4 Å². The van der Waals surface area contributed by atoms with E-state index in [1.54, 1.807) is 13.0 Å². The van der Waals surface area contributed by atoms with E-state index in [1.807, 2.05) is 13.8 Å². The maximum absolute atomic E-state index is 12.8. The second kappa shape index (κ2) is 7.01. The second-order valence-corrected chi connectivity index (χ2v) is 8.03. The van der Waals surface area contributed by atoms with Crippen molar-refractivity contribution < 1.29 is 18.7 Å². The fraction of sp³-hybridized carbons (Fsp3) is 0.400. The first kappa shape index (κ1) is 18.6. The highest BCUT2D eigenvalue weighted by Crippen LogP contribution is 2.40. The molecule has 7 nitrogen and oxygen atoms in total. The number of thiophene rings is 1. The van der Waals surface area contributed by atoms with E-state index in [4.69, 9.17) is 9.15 Å². The number of aromatic nitrogens is 2. The van der Waals surface area contributed by atoms with E-state index in [0.29, 0.717) is 27.9 Å². The molecule has 0 unspecified atom stereocenters. The zero-order valence-corrected chi connectivity index (χ0v) is 17.0. The summed E-state index contributed by atoms with van der Waals surface area (Å²) in [4.78, 5) is 35.2. The molecular formula is C20H21N3O4S. The highest BCUT2D eigenvalue weighted by Gasteiger charge is 2.28. The van der Waals surface area contributed by atoms with Crippen LogP contribution in [0.2, 0.25) is 0 Å². The zero-order chi connectivity index (χ0) is 20.0. The number of amides is 1. The van der Waals surface area contributed by atoms with Gasteiger partial charge < -0.3 is 14.5 Å². The molecule has 1 aliphatic carbocycles. The lowest BCUT2D eigenvalue weighted by atomic mass is 10.1. The van der Waals surface area contributed by atoms with E-state index in [9.17, 15) is 9.59 Å². The van der Waals surface area contributed by atoms with Crippen LogP contribution in [-0.2, 0) is 11.3 Å². The van der Waals surface area contributed by atoms with Crippen molar-refractivity contribution in [3.63, 3.8) is 0 Å². The molecular weight excluding hydrogens is 378 g/mol. The van der Waals surface area contributed by atoms with Crippen molar-refractivity contribution in [2.75, 3.05) is 7.11 Å². The summed E-state index contributed by atoms with van der Waals surface area (Å²) in [6.45, 7) is 5.76. The van der Waals surface area contributed by atoms with Gasteiger partial charge in [-0.3, -0.25) is 4.79 Å². The summed E-state index contributed by atoms with van der Waals surface area (Å²) < 4.78 is 10.3. The van der Waals surface area contributed by atoms with Gasteiger partial charge in [-0.25, -0.2) is 14.8 Å². The number of hydrogen-bond donors (Lipinski definition) is 1. The Bertz CT molecular complexity index is 1090. The third-order valence-electron chi connectivity index (χ3n) is 4.93. The number of nitrogens with zero attached hydrogens (tertiary/aromatic N) is 2. The number of ether oxygens (including phenoxy) is 1. The largest absolute Gasteiger partial charge is 0.465 e. The molecule has 0 aromatic carbocycles. The third-order valence-corrected chi connectivity index (χ3v) is 6.12. The number of nitrogens with one attached hydrogen (secondary N) is 1. The van der Waals surface area contributed by atoms with Gasteiger partial charge in [0.1, 0.15) is 27.7 Å². The van der Waals surface area contributed by atoms with Crippen LogP contribution in [0.3, 0.4) is 0 Å². The standard InChI is InChI=1S/C20H21N3O4S/c1-9-15-10(2)22-17(12-5-6-12)23-19(15)28-16(9)18(24)21-8-13-7-14(11(3)27-13)20(25)26-4/h7,12H,5-6,8H2,1-4H3,(H,21,24). The fourth-order valence-corrected chi connectivity index (χ4v) is 4.45. The monoisotopic (exact) mass is 399 g/mol. The number of carbonyl (C=O) groups is 2. The molecule has 1 amide bonds. The highest BCUT2D eigenvalue weighted by molar-refractivity contribution is 7.20. The van der Waals surface area contributed by atoms with Crippen LogP contribution in [0.4, 0.5) is 0 Å². The third kappa shape index (κ3) is 3.28. The Labute approximate surface area is 166 Å². The van der Waals surface area contributed by atoms with Gasteiger partial charge in [0, 0.05) is 11.3 Å². The molecule has 4 rings (SSSR count). The van der Waals surface area contributed by atoms with Crippen molar-refractivity contribution in [1.82, 2.24) is 15.3 Å². The van der Waals surface area contributed by atoms with Crippen LogP contribution in [0.15, 0.2) is 10.5 Å². The summed E-state index contributed by atoms with van der Waals surface area (Å²) >= 11 is 1.39. The number of rotatable bonds is 5. The minimum Gasteiger partial charge on any atom is -0.465 e. The van der Waals surface area contributed by atoms with E-state index in [-0.39, 0.29) is 12.5 Å². The molecule has 0 aliphatic heterocycles. The smallest absolute Gasteiger partial charge is 0.341 e. The molecule has 28 heavy (non-hydrogen) atoms. The molecule has 0 radical (unpaired) electrons. The summed E-state index contributed by atoms with van der Waals surface area (Å²) in [5.41, 5.74) is 2.18. The van der Waals surface area contributed by atoms with Crippen molar-refractivity contribution in [1.29, 1.82) is 0 Å². The van der Waals surface area contributed by atoms with Crippen LogP contribution in [0.25, 0.3) is 10.2 Å². The summed E-state index contributed by atoms with van der Waals surface area (Å²) in [6.07, 6.45) is 2.28. The van der Waals surface area contributed by atoms with Crippen molar-refractivity contribution in [2.45, 2.75) is 46.1 Å². The van der Waals surface area contributed by atoms with Gasteiger partial charge in [-0.2, -0.15) is 0 Å². The Kier molecular flexibility index (Phi) is 4.66. The minimum atomic E-state index is -0.459. The molecule has 1 saturated carbocycles. The fourth-order valence-electron chi connectivity index (χ4n) is 3.29. The quantitative estimate of drug-likeness (QED) is 0.656. The summed E-state index contributed by atoms with van der Waals surface area (Å²) in [7, 11) is 1.32. The van der Waals surface area contributed by atoms with E-state index < -0.39 is 5.97 Å². The predicted octanol–water partition coefficient (Wildman–Crippen LogP) is 3.80. The lowest BCUT2D eigenvalue weighted by Gasteiger charge is -2.03. The molecule has 3 heterocycles. The lowest BCUT2D eigenvalue weighted by Crippen LogP contribution is -2.22. The molecule has 1 aliphatic rings. The SMILES string of the molecule is COC(=O)c1cc(CNC(=O)c2sc3nc(C4CC4)nc(C)c3c2C)oc1C. The molecule has 146 valence electrons. The van der Waals surface area contributed by atoms with Crippen molar-refractivity contribution >= 4 is 33.4 Å². The lowest BCUT2D eigenvalue weighted by molar-refractivity contribution is 0.0598. The minimum absolute atomic E-state index is 0.183. The van der Waals surface area contributed by atoms with Crippen molar-refractivity contribution in [2.24, 2.45) is 0 Å². The Morgan fingerprint density at radius 1 is 1.29 bits per heavy atom. The average Bonchev–Trinajstić information content (AvgIpc) is 3.37. The maximum Gasteiger partial charge on any atom is 0.341 e. The first-order valence-electron chi connectivity index (χ1n) is 9.12. The first-order chi connectivity index (χ1) is 13.4. The summed E-state index contributed by atoms with van der Waals surface area (Å²) in [6, 6.07) is 1.59. The Morgan fingerprint density at radius 2 is 2.04 bits per heavy atom. The number of fused-ring (bicyclic) bond motifs is 1. The zero-order valence-electron chi connectivity index (χ0n) is 16.2. The number of carbonyl (C=O) groups excluding carboxylic acids is 2. The maximum atomic E-state index is 12.8. The van der Waals surface area contributed by atoms with Crippen molar-refractivity contribution in [3.8, 4) is 0 Å². The summed E-state index contributed by atoms with van der Waals surface area (Å²) in [5, 5.41) is 3.82. The van der Waals surface area contributed by atoms with Gasteiger partial charge >= 0.3 is 5.97 Å². The topological polar surface area (TPSA) is 94.3 Å². The van der Waals surface area contributed by atoms with Crippen LogP contribution in [-0.4, -0.2) is 29.0 Å². The number of aryl methyl sites for hydroxylation is 3. The highest BCUT2D eigenvalue weighted by atomic mass is 32.1. The van der Waals surface area contributed by atoms with Gasteiger partial charge in [0.25, 0.3) is 5.91 Å². The van der Waals surface area contributed by atoms with Gasteiger partial charge in [0.2, 0.25) is 0 Å². The molecule has 3 aromatic rings. The number of furan rings is 1. The number of hydrogen-bond acceptors (Lipinski definition) is 7. The van der Waals surface area contributed by atoms with E-state index in [0.717, 1.165) is 40.1 Å². The normalized spacial score (nSPS) is 13.7. The van der Waals surface area contributed by atoms with Crippen LogP contribution in [0.5, 0.6) is 0 Å². The average molecular weight is 399 g/mol. The Morgan fingerprint density at radius 3 is 2.71 bits per heavy atom. The molecule has 0 atom stereocenters. The predicted molar refractivity (Wildman–Crippen MR) is 105 cm³/mol. The Hall–Kier alpha value is -2.74. The number of esters is 1. The number of methoxy groups -OCH3 is 1. The Balaban J connectivity index is 1.55. The van der Waals surface area contributed by atoms with Crippen molar-refractivity contribution in [3.05, 3.63) is 45.1 Å². The van der Waals surface area contributed by atoms with Gasteiger partial charge in [0.05, 0.1) is 24.2 Å². The van der Waals surface area contributed by atoms with E-state index in [1.165, 1.54) is 18.4 Å². The van der Waals surface area contributed by atoms with Crippen LogP contribution >= 0.6 is 11.3 Å². The summed E-state index contributed by atoms with van der Waals surface area (Å²) in [5.74, 6) is 1.67. The van der Waals surface area contributed by atoms with Gasteiger partial charge in [-0.1, -0.05) is 0 Å². The molecule has 1 fully saturated rings. The van der Waals surface area contributed by atoms with Gasteiger partial charge in [-0.05, 0) is 45.2 Å². The molecule has 3 aromatic heterocycles. The molecule has 1 N–H and O–H groups in total. The first-order valence-corrected chi connectivity index (χ1v) is 9.94. The van der Waals surface area contributed by atoms with Crippen LogP contribution in [0, 0.1) is 20.8 Å².